The van der Waals surface area contributed by atoms with E-state index in [4.69, 9.17) is 21.1 Å². The Labute approximate surface area is 300 Å². The molecule has 0 radical (unpaired) electrons. The summed E-state index contributed by atoms with van der Waals surface area (Å²) in [5.74, 6) is 0.608. The Hall–Kier alpha value is -3.47. The Morgan fingerprint density at radius 3 is 2.84 bits per heavy atom. The van der Waals surface area contributed by atoms with Gasteiger partial charge in [-0.2, -0.15) is 9.46 Å². The molecule has 3 heterocycles. The molecule has 2 aliphatic heterocycles. The molecule has 3 aromatic rings. The lowest BCUT2D eigenvalue weighted by Crippen LogP contribution is -2.49. The van der Waals surface area contributed by atoms with Crippen LogP contribution in [0.1, 0.15) is 72.0 Å². The lowest BCUT2D eigenvalue weighted by Gasteiger charge is -2.46. The molecule has 1 saturated carbocycles. The molecule has 50 heavy (non-hydrogen) atoms. The first kappa shape index (κ1) is 35.0. The number of halogens is 1. The topological polar surface area (TPSA) is 103 Å². The third-order valence-corrected chi connectivity index (χ3v) is 13.5. The maximum Gasteiger partial charge on any atom is 0.285 e. The number of carbonyl (C=O) groups excluding carboxylic acids is 2. The first-order valence-corrected chi connectivity index (χ1v) is 20.1. The summed E-state index contributed by atoms with van der Waals surface area (Å²) < 4.78 is 33.0. The molecular weight excluding hydrogens is 672 g/mol. The zero-order valence-corrected chi connectivity index (χ0v) is 30.6. The summed E-state index contributed by atoms with van der Waals surface area (Å²) in [6.45, 7) is 4.61. The first-order chi connectivity index (χ1) is 24.1. The third kappa shape index (κ3) is 7.44. The number of rotatable bonds is 6. The number of hydrogen-bond acceptors (Lipinski definition) is 7. The van der Waals surface area contributed by atoms with Crippen LogP contribution in [0.2, 0.25) is 5.02 Å². The van der Waals surface area contributed by atoms with Crippen molar-refractivity contribution >= 4 is 38.7 Å². The zero-order valence-electron chi connectivity index (χ0n) is 29.0. The number of allylic oxidation sites excluding steroid dienone is 1. The molecule has 1 fully saturated rings. The van der Waals surface area contributed by atoms with Crippen molar-refractivity contribution in [2.45, 2.75) is 76.4 Å². The van der Waals surface area contributed by atoms with Gasteiger partial charge in [0.15, 0.2) is 0 Å². The van der Waals surface area contributed by atoms with Gasteiger partial charge in [0.05, 0.1) is 45.1 Å². The minimum atomic E-state index is -3.18. The van der Waals surface area contributed by atoms with Gasteiger partial charge in [-0.1, -0.05) is 47.5 Å². The van der Waals surface area contributed by atoms with Crippen LogP contribution in [0.15, 0.2) is 65.3 Å². The maximum absolute atomic E-state index is 14.3. The Morgan fingerprint density at radius 1 is 1.18 bits per heavy atom. The minimum absolute atomic E-state index is 0.0176. The number of Topliss-reactive ketones (excluding diaryl/α,β-unsaturated/α-hetero) is 1. The summed E-state index contributed by atoms with van der Waals surface area (Å²) in [4.78, 5) is 29.5. The van der Waals surface area contributed by atoms with E-state index in [1.807, 2.05) is 12.1 Å². The van der Waals surface area contributed by atoms with E-state index in [0.29, 0.717) is 48.4 Å². The van der Waals surface area contributed by atoms with Crippen LogP contribution >= 0.6 is 11.6 Å². The van der Waals surface area contributed by atoms with Crippen LogP contribution in [0.25, 0.3) is 0 Å². The van der Waals surface area contributed by atoms with Crippen LogP contribution in [0.5, 0.6) is 5.75 Å². The highest BCUT2D eigenvalue weighted by Crippen LogP contribution is 2.47. The number of ether oxygens (including phenoxy) is 2. The molecule has 1 aromatic heterocycles. The molecule has 2 aromatic carbocycles. The van der Waals surface area contributed by atoms with Gasteiger partial charge in [-0.25, -0.2) is 4.21 Å². The lowest BCUT2D eigenvalue weighted by molar-refractivity contribution is -0.116. The van der Waals surface area contributed by atoms with Gasteiger partial charge >= 0.3 is 0 Å². The molecule has 266 valence electrons. The van der Waals surface area contributed by atoms with Gasteiger partial charge in [-0.05, 0) is 93.0 Å². The second kappa shape index (κ2) is 14.6. The number of aromatic nitrogens is 2. The molecule has 1 spiro atoms. The van der Waals surface area contributed by atoms with Gasteiger partial charge in [0.1, 0.15) is 11.5 Å². The number of benzene rings is 2. The highest BCUT2D eigenvalue weighted by atomic mass is 35.5. The van der Waals surface area contributed by atoms with E-state index in [-0.39, 0.29) is 35.2 Å². The second-order valence-corrected chi connectivity index (χ2v) is 17.5. The molecule has 5 atom stereocenters. The normalized spacial score (nSPS) is 28.7. The Morgan fingerprint density at radius 2 is 2.06 bits per heavy atom. The summed E-state index contributed by atoms with van der Waals surface area (Å²) in [5, 5.41) is 4.61. The molecule has 2 aliphatic carbocycles. The Balaban J connectivity index is 1.24. The molecule has 2 bridgehead atoms. The molecule has 7 rings (SSSR count). The first-order valence-electron chi connectivity index (χ1n) is 17.9. The van der Waals surface area contributed by atoms with Crippen molar-refractivity contribution in [3.8, 4) is 5.75 Å². The molecular formula is C39H47ClN4O5S. The fraction of sp³-hybridized carbons (Fsp3) is 0.513. The van der Waals surface area contributed by atoms with E-state index < -0.39 is 15.6 Å². The minimum Gasteiger partial charge on any atom is -0.490 e. The molecule has 4 aliphatic rings. The largest absolute Gasteiger partial charge is 0.490 e. The van der Waals surface area contributed by atoms with Crippen LogP contribution in [-0.2, 0) is 37.6 Å². The van der Waals surface area contributed by atoms with Crippen molar-refractivity contribution in [1.29, 1.82) is 0 Å². The van der Waals surface area contributed by atoms with E-state index >= 15 is 0 Å². The van der Waals surface area contributed by atoms with Crippen molar-refractivity contribution in [3.05, 3.63) is 88.2 Å². The van der Waals surface area contributed by atoms with E-state index in [2.05, 4.69) is 51.6 Å². The molecule has 11 heteroatoms. The number of nitrogens with zero attached hydrogens (tertiary/aromatic N) is 4. The molecule has 0 N–H and O–H groups in total. The zero-order chi connectivity index (χ0) is 34.9. The summed E-state index contributed by atoms with van der Waals surface area (Å²) in [5.41, 5.74) is 5.07. The summed E-state index contributed by atoms with van der Waals surface area (Å²) in [7, 11) is -1.40. The standard InChI is InChI=1S/C39H47ClN4O5S/c1-27-9-13-34-28(19-27)7-6-16-39(34)25-43-22-30-10-12-33(30)36(48-2)8-4-3-5-18-50(47,24-32(45)15-17-44-23-31(40)21-41-44)42-38(46)29-11-14-37(49-26-39)35(43)20-29/h4,8-9,11,13-14,19-21,23,30,33,36H,3,5-7,10,12,15-18,22,24-26H2,1-2H3/b8-4+/t30-,33+,36-,39-,50+/m0/s1. The Bertz CT molecular complexity index is 1920. The van der Waals surface area contributed by atoms with Crippen molar-refractivity contribution in [3.63, 3.8) is 0 Å². The number of carbonyl (C=O) groups is 2. The highest BCUT2D eigenvalue weighted by molar-refractivity contribution is 7.94. The van der Waals surface area contributed by atoms with E-state index in [9.17, 15) is 13.8 Å². The maximum atomic E-state index is 14.3. The summed E-state index contributed by atoms with van der Waals surface area (Å²) in [6.07, 6.45) is 14.1. The Kier molecular flexibility index (Phi) is 10.2. The van der Waals surface area contributed by atoms with Crippen LogP contribution in [-0.4, -0.2) is 70.1 Å². The van der Waals surface area contributed by atoms with Crippen LogP contribution < -0.4 is 9.64 Å². The molecule has 0 saturated heterocycles. The van der Waals surface area contributed by atoms with E-state index in [1.54, 1.807) is 24.1 Å². The monoisotopic (exact) mass is 718 g/mol. The predicted molar refractivity (Wildman–Crippen MR) is 197 cm³/mol. The number of ketones is 1. The molecule has 0 unspecified atom stereocenters. The van der Waals surface area contributed by atoms with Crippen LogP contribution in [0, 0.1) is 18.8 Å². The van der Waals surface area contributed by atoms with Gasteiger partial charge in [-0.15, -0.1) is 0 Å². The lowest BCUT2D eigenvalue weighted by atomic mass is 9.68. The SMILES string of the molecule is CO[C@H]1/C=C/CCC[S@@](=O)(CC(=O)CCn2cc(Cl)cn2)=NC(=O)c2ccc3c(c2)N(C[C@@H]2CC[C@H]21)C[C@@]1(CCCc2cc(C)ccc21)CO3. The average Bonchev–Trinajstić information content (AvgIpc) is 3.44. The fourth-order valence-corrected chi connectivity index (χ4v) is 10.5. The smallest absolute Gasteiger partial charge is 0.285 e. The quantitative estimate of drug-likeness (QED) is 0.254. The average molecular weight is 719 g/mol. The van der Waals surface area contributed by atoms with Crippen molar-refractivity contribution in [2.75, 3.05) is 43.2 Å². The fourth-order valence-electron chi connectivity index (χ4n) is 8.38. The third-order valence-electron chi connectivity index (χ3n) is 11.1. The van der Waals surface area contributed by atoms with Gasteiger partial charge in [0, 0.05) is 56.1 Å². The van der Waals surface area contributed by atoms with Gasteiger partial charge in [0.25, 0.3) is 5.91 Å². The van der Waals surface area contributed by atoms with Gasteiger partial charge < -0.3 is 14.4 Å². The summed E-state index contributed by atoms with van der Waals surface area (Å²) >= 11 is 5.98. The van der Waals surface area contributed by atoms with Crippen LogP contribution in [0.3, 0.4) is 0 Å². The highest BCUT2D eigenvalue weighted by Gasteiger charge is 2.44. The number of methoxy groups -OCH3 is 1. The predicted octanol–water partition coefficient (Wildman–Crippen LogP) is 6.98. The molecule has 1 amide bonds. The molecule has 9 nitrogen and oxygen atoms in total. The van der Waals surface area contributed by atoms with Crippen molar-refractivity contribution in [2.24, 2.45) is 16.2 Å². The number of amides is 1. The number of aryl methyl sites for hydroxylation is 3. The van der Waals surface area contributed by atoms with E-state index in [0.717, 1.165) is 56.6 Å². The van der Waals surface area contributed by atoms with Gasteiger partial charge in [0.2, 0.25) is 0 Å². The van der Waals surface area contributed by atoms with Gasteiger partial charge in [-0.3, -0.25) is 14.3 Å². The number of hydrogen-bond donors (Lipinski definition) is 0. The van der Waals surface area contributed by atoms with E-state index in [1.165, 1.54) is 22.9 Å². The van der Waals surface area contributed by atoms with Crippen molar-refractivity contribution in [1.82, 2.24) is 9.78 Å². The van der Waals surface area contributed by atoms with Crippen molar-refractivity contribution < 1.29 is 23.3 Å². The second-order valence-electron chi connectivity index (χ2n) is 14.6. The van der Waals surface area contributed by atoms with Crippen LogP contribution in [0.4, 0.5) is 5.69 Å². The number of anilines is 1. The summed E-state index contributed by atoms with van der Waals surface area (Å²) in [6, 6.07) is 12.3. The number of fused-ring (bicyclic) bond motifs is 4.